The number of aromatic nitrogens is 1. The van der Waals surface area contributed by atoms with Crippen molar-refractivity contribution in [3.8, 4) is 11.1 Å². The molecule has 0 aliphatic heterocycles. The number of hydrogen-bond donors (Lipinski definition) is 3. The van der Waals surface area contributed by atoms with Gasteiger partial charge in [0, 0.05) is 28.7 Å². The zero-order valence-corrected chi connectivity index (χ0v) is 13.6. The van der Waals surface area contributed by atoms with Crippen molar-refractivity contribution in [2.45, 2.75) is 17.9 Å². The number of benzene rings is 2. The lowest BCUT2D eigenvalue weighted by Gasteiger charge is -2.15. The zero-order valence-electron chi connectivity index (χ0n) is 12.8. The van der Waals surface area contributed by atoms with Crippen LogP contribution >= 0.6 is 0 Å². The second kappa shape index (κ2) is 6.23. The van der Waals surface area contributed by atoms with Crippen molar-refractivity contribution in [1.82, 2.24) is 10.3 Å². The highest BCUT2D eigenvalue weighted by Gasteiger charge is 2.16. The van der Waals surface area contributed by atoms with E-state index in [1.807, 2.05) is 19.2 Å². The first-order chi connectivity index (χ1) is 11.0. The maximum Gasteiger partial charge on any atom is 0.186 e. The summed E-state index contributed by atoms with van der Waals surface area (Å²) in [5.74, 6) is -0.290. The van der Waals surface area contributed by atoms with Crippen molar-refractivity contribution in [2.75, 3.05) is 7.05 Å². The number of hydrogen-bond acceptors (Lipinski definition) is 2. The summed E-state index contributed by atoms with van der Waals surface area (Å²) < 4.78 is 34.3. The molecule has 1 unspecified atom stereocenters. The molecule has 2 aromatic carbocycles. The van der Waals surface area contributed by atoms with Crippen molar-refractivity contribution >= 4 is 22.0 Å². The molecule has 0 saturated carbocycles. The molecule has 3 N–H and O–H groups in total. The summed E-state index contributed by atoms with van der Waals surface area (Å²) in [7, 11) is 1.80. The first kappa shape index (κ1) is 15.9. The summed E-state index contributed by atoms with van der Waals surface area (Å²) in [6.45, 7) is 1.93. The smallest absolute Gasteiger partial charge is 0.186 e. The molecule has 0 aliphatic carbocycles. The fourth-order valence-corrected chi connectivity index (χ4v) is 3.33. The van der Waals surface area contributed by atoms with Gasteiger partial charge >= 0.3 is 0 Å². The predicted molar refractivity (Wildman–Crippen MR) is 90.2 cm³/mol. The first-order valence-corrected chi connectivity index (χ1v) is 8.31. The molecular formula is C17H17FN2O2S. The van der Waals surface area contributed by atoms with E-state index >= 15 is 0 Å². The molecule has 2 atom stereocenters. The molecular weight excluding hydrogens is 315 g/mol. The largest absolute Gasteiger partial charge is 0.360 e. The maximum absolute atomic E-state index is 13.3. The third kappa shape index (κ3) is 2.93. The fourth-order valence-electron chi connectivity index (χ4n) is 2.71. The van der Waals surface area contributed by atoms with E-state index < -0.39 is 11.1 Å². The molecule has 1 heterocycles. The van der Waals surface area contributed by atoms with Gasteiger partial charge in [-0.1, -0.05) is 6.07 Å². The van der Waals surface area contributed by atoms with Crippen LogP contribution in [0.2, 0.25) is 0 Å². The molecule has 0 radical (unpaired) electrons. The van der Waals surface area contributed by atoms with Crippen molar-refractivity contribution in [3.05, 3.63) is 54.0 Å². The molecule has 0 spiro atoms. The van der Waals surface area contributed by atoms with Crippen LogP contribution in [-0.4, -0.2) is 20.8 Å². The Bertz CT molecular complexity index is 891. The molecule has 3 aromatic rings. The minimum atomic E-state index is -2.05. The number of fused-ring (bicyclic) bond motifs is 1. The Morgan fingerprint density at radius 2 is 2.04 bits per heavy atom. The van der Waals surface area contributed by atoms with Gasteiger partial charge in [0.15, 0.2) is 11.1 Å². The van der Waals surface area contributed by atoms with E-state index in [-0.39, 0.29) is 11.9 Å². The monoisotopic (exact) mass is 332 g/mol. The van der Waals surface area contributed by atoms with Gasteiger partial charge in [-0.15, -0.1) is 0 Å². The van der Waals surface area contributed by atoms with E-state index in [2.05, 4.69) is 10.3 Å². The number of halogens is 1. The minimum Gasteiger partial charge on any atom is -0.360 e. The highest BCUT2D eigenvalue weighted by atomic mass is 32.2. The van der Waals surface area contributed by atoms with Gasteiger partial charge in [-0.3, -0.25) is 0 Å². The van der Waals surface area contributed by atoms with E-state index in [4.69, 9.17) is 0 Å². The van der Waals surface area contributed by atoms with Gasteiger partial charge in [-0.2, -0.15) is 0 Å². The van der Waals surface area contributed by atoms with Crippen molar-refractivity contribution in [1.29, 1.82) is 0 Å². The van der Waals surface area contributed by atoms with Crippen LogP contribution in [0.5, 0.6) is 0 Å². The summed E-state index contributed by atoms with van der Waals surface area (Å²) >= 11 is -2.05. The Morgan fingerprint density at radius 1 is 1.26 bits per heavy atom. The minimum absolute atomic E-state index is 0.0660. The molecule has 120 valence electrons. The van der Waals surface area contributed by atoms with Crippen LogP contribution in [0.15, 0.2) is 47.5 Å². The third-order valence-corrected chi connectivity index (χ3v) is 4.80. The van der Waals surface area contributed by atoms with E-state index in [1.54, 1.807) is 25.2 Å². The molecule has 4 nitrogen and oxygen atoms in total. The van der Waals surface area contributed by atoms with Crippen LogP contribution in [0, 0.1) is 5.82 Å². The van der Waals surface area contributed by atoms with E-state index in [0.29, 0.717) is 4.90 Å². The third-order valence-electron chi connectivity index (χ3n) is 4.05. The van der Waals surface area contributed by atoms with Gasteiger partial charge < -0.3 is 14.9 Å². The van der Waals surface area contributed by atoms with Crippen LogP contribution in [-0.2, 0) is 11.1 Å². The van der Waals surface area contributed by atoms with Gasteiger partial charge in [0.2, 0.25) is 0 Å². The molecule has 6 heteroatoms. The predicted octanol–water partition coefficient (Wildman–Crippen LogP) is 3.84. The highest BCUT2D eigenvalue weighted by molar-refractivity contribution is 7.79. The Kier molecular flexibility index (Phi) is 4.30. The van der Waals surface area contributed by atoms with E-state index in [0.717, 1.165) is 27.6 Å². The second-order valence-electron chi connectivity index (χ2n) is 5.40. The quantitative estimate of drug-likeness (QED) is 0.636. The Labute approximate surface area is 136 Å². The number of aromatic amines is 1. The van der Waals surface area contributed by atoms with Crippen LogP contribution < -0.4 is 5.32 Å². The average molecular weight is 332 g/mol. The zero-order chi connectivity index (χ0) is 16.6. The van der Waals surface area contributed by atoms with Crippen molar-refractivity contribution < 1.29 is 13.2 Å². The van der Waals surface area contributed by atoms with Crippen LogP contribution in [0.1, 0.15) is 18.5 Å². The molecule has 3 rings (SSSR count). The lowest BCUT2D eigenvalue weighted by Crippen LogP contribution is -2.14. The molecule has 0 bridgehead atoms. The van der Waals surface area contributed by atoms with Gasteiger partial charge in [-0.05, 0) is 55.4 Å². The maximum atomic E-state index is 13.3. The Balaban J connectivity index is 2.17. The molecule has 0 aliphatic rings. The van der Waals surface area contributed by atoms with Crippen molar-refractivity contribution in [2.24, 2.45) is 0 Å². The van der Waals surface area contributed by atoms with E-state index in [9.17, 15) is 13.2 Å². The molecule has 23 heavy (non-hydrogen) atoms. The lowest BCUT2D eigenvalue weighted by molar-refractivity contribution is 0.558. The highest BCUT2D eigenvalue weighted by Crippen LogP contribution is 2.32. The first-order valence-electron chi connectivity index (χ1n) is 7.20. The Hall–Kier alpha value is -2.02. The Morgan fingerprint density at radius 3 is 2.74 bits per heavy atom. The van der Waals surface area contributed by atoms with Gasteiger partial charge in [-0.25, -0.2) is 8.60 Å². The van der Waals surface area contributed by atoms with Crippen molar-refractivity contribution in [3.63, 3.8) is 0 Å². The topological polar surface area (TPSA) is 65.1 Å². The lowest BCUT2D eigenvalue weighted by atomic mass is 9.99. The number of rotatable bonds is 4. The van der Waals surface area contributed by atoms with Crippen LogP contribution in [0.4, 0.5) is 4.39 Å². The number of H-pyrrole nitrogens is 1. The van der Waals surface area contributed by atoms with Gasteiger partial charge in [0.1, 0.15) is 5.82 Å². The standard InChI is InChI=1S/C17H17FN2O2S/c1-10(19-2)14-7-11(3-6-17(14)23(21)22)15-9-20-16-8-12(18)4-5-13(15)16/h3-10,19-20H,1-2H3,(H,21,22)/t10-/m1/s1. The van der Waals surface area contributed by atoms with Crippen LogP contribution in [0.3, 0.4) is 0 Å². The second-order valence-corrected chi connectivity index (χ2v) is 6.34. The summed E-state index contributed by atoms with van der Waals surface area (Å²) in [5, 5.41) is 4.00. The molecule has 1 aromatic heterocycles. The van der Waals surface area contributed by atoms with Gasteiger partial charge in [0.25, 0.3) is 0 Å². The van der Waals surface area contributed by atoms with Crippen LogP contribution in [0.25, 0.3) is 22.0 Å². The normalized spacial score (nSPS) is 14.1. The summed E-state index contributed by atoms with van der Waals surface area (Å²) in [4.78, 5) is 3.45. The fraction of sp³-hybridized carbons (Fsp3) is 0.176. The molecule has 0 saturated heterocycles. The molecule has 0 amide bonds. The SMILES string of the molecule is CN[C@H](C)c1cc(-c2c[nH]c3cc(F)ccc23)ccc1S(=O)O. The van der Waals surface area contributed by atoms with Gasteiger partial charge in [0.05, 0.1) is 4.90 Å². The number of nitrogens with one attached hydrogen (secondary N) is 2. The summed E-state index contributed by atoms with van der Waals surface area (Å²) in [6.07, 6.45) is 1.82. The van der Waals surface area contributed by atoms with E-state index in [1.165, 1.54) is 12.1 Å². The molecule has 0 fully saturated rings. The average Bonchev–Trinajstić information content (AvgIpc) is 2.96. The summed E-state index contributed by atoms with van der Waals surface area (Å²) in [6, 6.07) is 9.91. The summed E-state index contributed by atoms with van der Waals surface area (Å²) in [5.41, 5.74) is 3.33.